The fourth-order valence-electron chi connectivity index (χ4n) is 1.64. The van der Waals surface area contributed by atoms with Crippen molar-refractivity contribution in [2.45, 2.75) is 32.7 Å². The molecular formula is C11H18N2O4. The van der Waals surface area contributed by atoms with Gasteiger partial charge in [0.2, 0.25) is 11.8 Å². The molecule has 0 saturated carbocycles. The van der Waals surface area contributed by atoms with Crippen molar-refractivity contribution >= 4 is 17.8 Å². The Morgan fingerprint density at radius 1 is 1.47 bits per heavy atom. The molecule has 6 heteroatoms. The van der Waals surface area contributed by atoms with Gasteiger partial charge in [-0.3, -0.25) is 14.4 Å². The van der Waals surface area contributed by atoms with E-state index in [1.807, 2.05) is 0 Å². The highest BCUT2D eigenvalue weighted by Gasteiger charge is 2.27. The molecule has 3 atom stereocenters. The van der Waals surface area contributed by atoms with Crippen LogP contribution in [0.15, 0.2) is 0 Å². The molecule has 6 nitrogen and oxygen atoms in total. The van der Waals surface area contributed by atoms with Crippen LogP contribution in [0.2, 0.25) is 0 Å². The number of aliphatic carboxylic acids is 1. The molecule has 0 aromatic heterocycles. The van der Waals surface area contributed by atoms with Crippen LogP contribution in [0, 0.1) is 11.8 Å². The third kappa shape index (κ3) is 3.72. The quantitative estimate of drug-likeness (QED) is 0.632. The van der Waals surface area contributed by atoms with Crippen molar-refractivity contribution in [2.24, 2.45) is 11.8 Å². The van der Waals surface area contributed by atoms with Gasteiger partial charge in [0, 0.05) is 19.0 Å². The number of nitrogens with one attached hydrogen (secondary N) is 2. The van der Waals surface area contributed by atoms with Gasteiger partial charge in [0.1, 0.15) is 0 Å². The molecule has 1 aliphatic heterocycles. The number of hydrogen-bond acceptors (Lipinski definition) is 3. The molecule has 0 aromatic rings. The van der Waals surface area contributed by atoms with Crippen LogP contribution in [0.4, 0.5) is 0 Å². The number of carboxylic acid groups (broad SMARTS) is 1. The van der Waals surface area contributed by atoms with Crippen LogP contribution >= 0.6 is 0 Å². The van der Waals surface area contributed by atoms with Gasteiger partial charge in [-0.1, -0.05) is 0 Å². The predicted octanol–water partition coefficient (Wildman–Crippen LogP) is -0.262. The maximum absolute atomic E-state index is 11.8. The van der Waals surface area contributed by atoms with Gasteiger partial charge in [0.25, 0.3) is 0 Å². The predicted molar refractivity (Wildman–Crippen MR) is 60.1 cm³/mol. The molecule has 0 spiro atoms. The van der Waals surface area contributed by atoms with E-state index in [0.29, 0.717) is 19.4 Å². The Balaban J connectivity index is 2.43. The van der Waals surface area contributed by atoms with E-state index in [-0.39, 0.29) is 17.7 Å². The lowest BCUT2D eigenvalue weighted by Crippen LogP contribution is -2.47. The van der Waals surface area contributed by atoms with Crippen molar-refractivity contribution < 1.29 is 19.5 Å². The van der Waals surface area contributed by atoms with Crippen molar-refractivity contribution in [3.8, 4) is 0 Å². The van der Waals surface area contributed by atoms with Gasteiger partial charge in [-0.05, 0) is 20.3 Å². The molecule has 0 radical (unpaired) electrons. The number of carbonyl (C=O) groups excluding carboxylic acids is 2. The van der Waals surface area contributed by atoms with Gasteiger partial charge < -0.3 is 15.7 Å². The van der Waals surface area contributed by atoms with Crippen LogP contribution in [0.25, 0.3) is 0 Å². The van der Waals surface area contributed by atoms with Crippen molar-refractivity contribution in [3.05, 3.63) is 0 Å². The smallest absolute Gasteiger partial charge is 0.308 e. The molecule has 0 aromatic carbocycles. The van der Waals surface area contributed by atoms with E-state index >= 15 is 0 Å². The van der Waals surface area contributed by atoms with Gasteiger partial charge in [0.05, 0.1) is 11.8 Å². The highest BCUT2D eigenvalue weighted by Crippen LogP contribution is 2.12. The normalized spacial score (nSPS) is 23.4. The van der Waals surface area contributed by atoms with E-state index in [0.717, 1.165) is 0 Å². The summed E-state index contributed by atoms with van der Waals surface area (Å²) in [7, 11) is 0. The minimum Gasteiger partial charge on any atom is -0.481 e. The Morgan fingerprint density at radius 3 is 2.59 bits per heavy atom. The van der Waals surface area contributed by atoms with Crippen molar-refractivity contribution in [1.82, 2.24) is 10.6 Å². The fourth-order valence-corrected chi connectivity index (χ4v) is 1.64. The highest BCUT2D eigenvalue weighted by molar-refractivity contribution is 5.84. The van der Waals surface area contributed by atoms with E-state index in [4.69, 9.17) is 5.11 Å². The van der Waals surface area contributed by atoms with Gasteiger partial charge >= 0.3 is 5.97 Å². The summed E-state index contributed by atoms with van der Waals surface area (Å²) in [5.41, 5.74) is 0. The molecular weight excluding hydrogens is 224 g/mol. The number of piperidine rings is 1. The number of amides is 2. The molecule has 1 heterocycles. The lowest BCUT2D eigenvalue weighted by molar-refractivity contribution is -0.142. The molecule has 17 heavy (non-hydrogen) atoms. The first-order valence-electron chi connectivity index (χ1n) is 5.71. The van der Waals surface area contributed by atoms with E-state index in [1.54, 1.807) is 13.8 Å². The lowest BCUT2D eigenvalue weighted by atomic mass is 9.96. The largest absolute Gasteiger partial charge is 0.481 e. The molecule has 1 fully saturated rings. The van der Waals surface area contributed by atoms with Crippen LogP contribution < -0.4 is 10.6 Å². The van der Waals surface area contributed by atoms with Crippen LogP contribution in [0.3, 0.4) is 0 Å². The second kappa shape index (κ2) is 5.65. The van der Waals surface area contributed by atoms with E-state index in [9.17, 15) is 14.4 Å². The fraction of sp³-hybridized carbons (Fsp3) is 0.727. The summed E-state index contributed by atoms with van der Waals surface area (Å²) in [6.45, 7) is 3.55. The summed E-state index contributed by atoms with van der Waals surface area (Å²) < 4.78 is 0. The summed E-state index contributed by atoms with van der Waals surface area (Å²) in [6, 6.07) is -0.419. The Kier molecular flexibility index (Phi) is 4.48. The molecule has 0 bridgehead atoms. The minimum atomic E-state index is -0.935. The van der Waals surface area contributed by atoms with Crippen LogP contribution in [0.5, 0.6) is 0 Å². The highest BCUT2D eigenvalue weighted by atomic mass is 16.4. The van der Waals surface area contributed by atoms with Gasteiger partial charge in [-0.2, -0.15) is 0 Å². The zero-order valence-corrected chi connectivity index (χ0v) is 10.0. The van der Waals surface area contributed by atoms with E-state index < -0.39 is 17.9 Å². The topological polar surface area (TPSA) is 95.5 Å². The molecule has 1 aliphatic rings. The molecule has 3 unspecified atom stereocenters. The van der Waals surface area contributed by atoms with Crippen LogP contribution in [-0.4, -0.2) is 35.5 Å². The Bertz CT molecular complexity index is 319. The summed E-state index contributed by atoms with van der Waals surface area (Å²) in [4.78, 5) is 33.5. The maximum Gasteiger partial charge on any atom is 0.308 e. The van der Waals surface area contributed by atoms with Gasteiger partial charge in [-0.15, -0.1) is 0 Å². The van der Waals surface area contributed by atoms with Crippen LogP contribution in [-0.2, 0) is 14.4 Å². The zero-order chi connectivity index (χ0) is 13.0. The molecule has 1 rings (SSSR count). The molecule has 0 aliphatic carbocycles. The monoisotopic (exact) mass is 242 g/mol. The van der Waals surface area contributed by atoms with Crippen molar-refractivity contribution in [3.63, 3.8) is 0 Å². The first-order chi connectivity index (χ1) is 7.91. The standard InChI is InChI=1S/C11H18N2O4/c1-6(11(16)17)7(2)13-10(15)8-3-4-9(14)12-5-8/h6-8H,3-5H2,1-2H3,(H,12,14)(H,13,15)(H,16,17). The Morgan fingerprint density at radius 2 is 2.12 bits per heavy atom. The molecule has 2 amide bonds. The summed E-state index contributed by atoms with van der Waals surface area (Å²) in [6.07, 6.45) is 0.868. The average Bonchev–Trinajstić information content (AvgIpc) is 2.28. The third-order valence-corrected chi connectivity index (χ3v) is 3.15. The molecule has 1 saturated heterocycles. The van der Waals surface area contributed by atoms with E-state index in [2.05, 4.69) is 10.6 Å². The zero-order valence-electron chi connectivity index (χ0n) is 10.0. The number of carboxylic acids is 1. The van der Waals surface area contributed by atoms with E-state index in [1.165, 1.54) is 0 Å². The second-order valence-electron chi connectivity index (χ2n) is 4.46. The first kappa shape index (κ1) is 13.5. The van der Waals surface area contributed by atoms with Gasteiger partial charge in [-0.25, -0.2) is 0 Å². The summed E-state index contributed by atoms with van der Waals surface area (Å²) >= 11 is 0. The number of carbonyl (C=O) groups is 3. The maximum atomic E-state index is 11.8. The summed E-state index contributed by atoms with van der Waals surface area (Å²) in [5, 5.41) is 14.1. The second-order valence-corrected chi connectivity index (χ2v) is 4.46. The number of rotatable bonds is 4. The molecule has 96 valence electrons. The Labute approximate surface area is 99.8 Å². The molecule has 3 N–H and O–H groups in total. The number of hydrogen-bond donors (Lipinski definition) is 3. The Hall–Kier alpha value is -1.59. The van der Waals surface area contributed by atoms with Crippen molar-refractivity contribution in [2.75, 3.05) is 6.54 Å². The van der Waals surface area contributed by atoms with Crippen molar-refractivity contribution in [1.29, 1.82) is 0 Å². The SMILES string of the molecule is CC(NC(=O)C1CCC(=O)NC1)C(C)C(=O)O. The first-order valence-corrected chi connectivity index (χ1v) is 5.71. The lowest BCUT2D eigenvalue weighted by Gasteiger charge is -2.25. The van der Waals surface area contributed by atoms with Gasteiger partial charge in [0.15, 0.2) is 0 Å². The van der Waals surface area contributed by atoms with Crippen LogP contribution in [0.1, 0.15) is 26.7 Å². The summed E-state index contributed by atoms with van der Waals surface area (Å²) in [5.74, 6) is -2.05. The third-order valence-electron chi connectivity index (χ3n) is 3.15. The minimum absolute atomic E-state index is 0.0407. The average molecular weight is 242 g/mol.